The highest BCUT2D eigenvalue weighted by molar-refractivity contribution is 6.00. The van der Waals surface area contributed by atoms with Crippen molar-refractivity contribution in [3.63, 3.8) is 0 Å². The van der Waals surface area contributed by atoms with Crippen LogP contribution in [0.1, 0.15) is 27.8 Å². The molecular weight excluding hydrogens is 1500 g/mol. The number of carbonyl (C=O) groups excluding carboxylic acids is 3. The fourth-order valence-electron chi connectivity index (χ4n) is 12.2. The largest absolute Gasteiger partial charge is 0.489 e. The van der Waals surface area contributed by atoms with E-state index in [0.717, 1.165) is 48.6 Å². The van der Waals surface area contributed by atoms with Gasteiger partial charge in [-0.15, -0.1) is 0 Å². The fraction of sp³-hybridized carbons (Fsp3) is 0.0581. The van der Waals surface area contributed by atoms with Crippen molar-refractivity contribution < 1.29 is 63.7 Å². The van der Waals surface area contributed by atoms with Crippen molar-refractivity contribution >= 4 is 67.9 Å². The molecule has 15 aromatic rings. The first-order valence-corrected chi connectivity index (χ1v) is 34.7. The highest BCUT2D eigenvalue weighted by Gasteiger charge is 2.31. The molecule has 0 spiro atoms. The van der Waals surface area contributed by atoms with Gasteiger partial charge in [0.2, 0.25) is 17.7 Å². The number of ether oxygens (including phenoxy) is 3. The SMILES string of the molecule is C=CC(=O)Nc1cccc(-n2c(=O)n(-c3ccc(OCc4ccc(C(F)(F)F)cc4)cc3)c3cnccc32)c1.C=CC(=O)Nc1cccc(-n2c(=O)n(-c3ccc(OCc4ccc(F)c(F)c4)cc3)c3cnccc32)c1.C=CC(=O)Nc1cccc(-n2c(=O)n(-c3ccc(OCc4cccc(C(F)(F)F)c4)cc3)c3cnccc32)c1. The van der Waals surface area contributed by atoms with Gasteiger partial charge in [-0.3, -0.25) is 56.7 Å². The van der Waals surface area contributed by atoms with Crippen LogP contribution >= 0.6 is 0 Å². The van der Waals surface area contributed by atoms with E-state index in [9.17, 15) is 63.9 Å². The van der Waals surface area contributed by atoms with E-state index in [4.69, 9.17) is 14.2 Å². The molecule has 115 heavy (non-hydrogen) atoms. The van der Waals surface area contributed by atoms with Crippen molar-refractivity contribution in [2.45, 2.75) is 32.2 Å². The van der Waals surface area contributed by atoms with Gasteiger partial charge in [-0.1, -0.05) is 68.3 Å². The summed E-state index contributed by atoms with van der Waals surface area (Å²) in [5, 5.41) is 8.08. The second kappa shape index (κ2) is 33.9. The summed E-state index contributed by atoms with van der Waals surface area (Å²) in [7, 11) is 0. The number of hydrogen-bond donors (Lipinski definition) is 3. The molecule has 3 amide bonds. The van der Waals surface area contributed by atoms with Crippen LogP contribution in [0.15, 0.2) is 320 Å². The lowest BCUT2D eigenvalue weighted by molar-refractivity contribution is -0.138. The van der Waals surface area contributed by atoms with E-state index in [1.165, 1.54) is 57.7 Å². The number of nitrogens with one attached hydrogen (secondary N) is 3. The Morgan fingerprint density at radius 1 is 0.339 bits per heavy atom. The zero-order valence-electron chi connectivity index (χ0n) is 60.1. The molecule has 0 unspecified atom stereocenters. The maximum absolute atomic E-state index is 13.7. The third-order valence-electron chi connectivity index (χ3n) is 17.6. The summed E-state index contributed by atoms with van der Waals surface area (Å²) < 4.78 is 130. The zero-order valence-corrected chi connectivity index (χ0v) is 60.1. The van der Waals surface area contributed by atoms with Crippen molar-refractivity contribution in [2.24, 2.45) is 0 Å². The van der Waals surface area contributed by atoms with Gasteiger partial charge in [0.15, 0.2) is 11.6 Å². The van der Waals surface area contributed by atoms with E-state index < -0.39 is 35.1 Å². The average Bonchev–Trinajstić information content (AvgIpc) is 1.61. The second-order valence-electron chi connectivity index (χ2n) is 25.2. The van der Waals surface area contributed by atoms with Gasteiger partial charge < -0.3 is 30.2 Å². The Morgan fingerprint density at radius 2 is 0.661 bits per heavy atom. The maximum Gasteiger partial charge on any atom is 0.416 e. The van der Waals surface area contributed by atoms with Gasteiger partial charge in [0.05, 0.1) is 96.9 Å². The first-order chi connectivity index (χ1) is 55.4. The molecule has 21 nitrogen and oxygen atoms in total. The van der Waals surface area contributed by atoms with E-state index >= 15 is 0 Å². The summed E-state index contributed by atoms with van der Waals surface area (Å²) in [4.78, 5) is 88.7. The van der Waals surface area contributed by atoms with Gasteiger partial charge >= 0.3 is 29.4 Å². The number of benzene rings is 9. The number of rotatable bonds is 21. The maximum atomic E-state index is 13.7. The van der Waals surface area contributed by atoms with Crippen molar-refractivity contribution in [1.82, 2.24) is 42.4 Å². The third-order valence-corrected chi connectivity index (χ3v) is 17.6. The van der Waals surface area contributed by atoms with Gasteiger partial charge in [0.1, 0.15) is 37.1 Å². The Kier molecular flexibility index (Phi) is 23.0. The number of hydrogen-bond acceptors (Lipinski definition) is 12. The molecule has 0 saturated heterocycles. The molecule has 3 N–H and O–H groups in total. The minimum atomic E-state index is -4.43. The Balaban J connectivity index is 0.000000150. The molecular formula is C86H62F8N12O9. The highest BCUT2D eigenvalue weighted by atomic mass is 19.4. The Bertz CT molecular complexity index is 6370. The first kappa shape index (κ1) is 77.9. The van der Waals surface area contributed by atoms with E-state index in [1.807, 2.05) is 0 Å². The van der Waals surface area contributed by atoms with Crippen LogP contribution in [0, 0.1) is 11.6 Å². The van der Waals surface area contributed by atoms with Crippen LogP contribution in [0.5, 0.6) is 17.2 Å². The molecule has 0 aliphatic carbocycles. The summed E-state index contributed by atoms with van der Waals surface area (Å²) >= 11 is 0. The molecule has 0 atom stereocenters. The molecule has 0 aliphatic heterocycles. The number of anilines is 3. The molecule has 29 heteroatoms. The highest BCUT2D eigenvalue weighted by Crippen LogP contribution is 2.33. The summed E-state index contributed by atoms with van der Waals surface area (Å²) in [6.07, 6.45) is 4.20. The first-order valence-electron chi connectivity index (χ1n) is 34.7. The number of nitrogens with zero attached hydrogens (tertiary/aromatic N) is 9. The topological polar surface area (TPSA) is 234 Å². The monoisotopic (exact) mass is 1560 g/mol. The molecule has 0 aliphatic rings. The van der Waals surface area contributed by atoms with Crippen LogP contribution in [-0.2, 0) is 46.6 Å². The lowest BCUT2D eigenvalue weighted by Crippen LogP contribution is -2.22. The number of halogens is 8. The smallest absolute Gasteiger partial charge is 0.416 e. The van der Waals surface area contributed by atoms with Gasteiger partial charge in [-0.25, -0.2) is 23.2 Å². The van der Waals surface area contributed by atoms with Crippen LogP contribution in [0.25, 0.3) is 67.2 Å². The zero-order chi connectivity index (χ0) is 81.1. The standard InChI is InChI=1S/2C29H21F3N4O3.C28H20F2N4O3/c1-2-27(37)34-21-7-4-8-23(16-21)36-25-13-14-33-17-26(25)35(28(36)38)22-9-11-24(12-10-22)39-18-19-5-3-6-20(15-19)29(30,31)32;1-2-27(37)34-21-4-3-5-23(16-21)36-25-14-15-33-17-26(25)35(28(36)38)22-10-12-24(13-11-22)39-18-19-6-8-20(9-7-19)29(30,31)32;1-2-27(35)32-19-4-3-5-21(15-19)34-25-12-13-31-16-26(25)33(28(34)36)20-7-9-22(10-8-20)37-17-18-6-11-23(29)24(30)14-18/h2*2-17H,1,18H2,(H,34,37);2-16H,1,17H2,(H,32,35). The Labute approximate surface area is 647 Å². The molecule has 15 rings (SSSR count). The quantitative estimate of drug-likeness (QED) is 0.0450. The molecule has 0 radical (unpaired) electrons. The van der Waals surface area contributed by atoms with Crippen LogP contribution < -0.4 is 47.2 Å². The number of alkyl halides is 6. The van der Waals surface area contributed by atoms with Crippen LogP contribution in [0.2, 0.25) is 0 Å². The van der Waals surface area contributed by atoms with E-state index in [-0.39, 0.29) is 54.6 Å². The van der Waals surface area contributed by atoms with Gasteiger partial charge in [0, 0.05) is 35.7 Å². The Morgan fingerprint density at radius 3 is 1.00 bits per heavy atom. The fourth-order valence-corrected chi connectivity index (χ4v) is 12.2. The minimum absolute atomic E-state index is 0.0504. The van der Waals surface area contributed by atoms with Gasteiger partial charge in [0.25, 0.3) is 0 Å². The van der Waals surface area contributed by atoms with E-state index in [2.05, 4.69) is 50.6 Å². The van der Waals surface area contributed by atoms with E-state index in [1.54, 1.807) is 207 Å². The lowest BCUT2D eigenvalue weighted by atomic mass is 10.1. The number of fused-ring (bicyclic) bond motifs is 3. The molecule has 6 aromatic heterocycles. The summed E-state index contributed by atoms with van der Waals surface area (Å²) in [6.45, 7) is 10.4. The third kappa shape index (κ3) is 17.8. The van der Waals surface area contributed by atoms with Crippen LogP contribution in [-0.4, -0.2) is 60.1 Å². The van der Waals surface area contributed by atoms with Crippen molar-refractivity contribution in [2.75, 3.05) is 16.0 Å². The Hall–Kier alpha value is -15.3. The molecule has 0 fully saturated rings. The summed E-state index contributed by atoms with van der Waals surface area (Å²) in [6, 6.07) is 59.4. The molecule has 6 heterocycles. The normalized spacial score (nSPS) is 11.2. The number of pyridine rings is 3. The number of aromatic nitrogens is 9. The number of carbonyl (C=O) groups is 3. The molecule has 9 aromatic carbocycles. The van der Waals surface area contributed by atoms with Crippen LogP contribution in [0.4, 0.5) is 52.2 Å². The number of imidazole rings is 3. The predicted molar refractivity (Wildman–Crippen MR) is 419 cm³/mol. The number of amides is 3. The predicted octanol–water partition coefficient (Wildman–Crippen LogP) is 17.0. The van der Waals surface area contributed by atoms with Crippen molar-refractivity contribution in [3.05, 3.63) is 377 Å². The summed E-state index contributed by atoms with van der Waals surface area (Å²) in [5.74, 6) is -1.55. The van der Waals surface area contributed by atoms with Crippen LogP contribution in [0.3, 0.4) is 0 Å². The molecule has 0 bridgehead atoms. The average molecular weight is 1560 g/mol. The lowest BCUT2D eigenvalue weighted by Gasteiger charge is -2.11. The minimum Gasteiger partial charge on any atom is -0.489 e. The molecule has 0 saturated carbocycles. The van der Waals surface area contributed by atoms with Gasteiger partial charge in [-0.2, -0.15) is 26.3 Å². The van der Waals surface area contributed by atoms with Crippen molar-refractivity contribution in [1.29, 1.82) is 0 Å². The molecule has 576 valence electrons. The second-order valence-corrected chi connectivity index (χ2v) is 25.2. The summed E-state index contributed by atoms with van der Waals surface area (Å²) in [5.41, 5.74) is 7.40. The van der Waals surface area contributed by atoms with E-state index in [0.29, 0.717) is 118 Å². The van der Waals surface area contributed by atoms with Gasteiger partial charge in [-0.05, 0) is 217 Å². The van der Waals surface area contributed by atoms with Crippen molar-refractivity contribution in [3.8, 4) is 51.4 Å².